The zero-order valence-corrected chi connectivity index (χ0v) is 15.1. The van der Waals surface area contributed by atoms with Crippen LogP contribution in [0.3, 0.4) is 0 Å². The van der Waals surface area contributed by atoms with Crippen molar-refractivity contribution in [2.24, 2.45) is 5.92 Å². The molecule has 2 aromatic carbocycles. The summed E-state index contributed by atoms with van der Waals surface area (Å²) in [6, 6.07) is 11.9. The number of benzene rings is 2. The lowest BCUT2D eigenvalue weighted by molar-refractivity contribution is 0.0132. The van der Waals surface area contributed by atoms with E-state index in [1.165, 1.54) is 12.1 Å². The molecule has 0 saturated heterocycles. The van der Waals surface area contributed by atoms with Gasteiger partial charge in [-0.1, -0.05) is 13.0 Å². The van der Waals surface area contributed by atoms with Gasteiger partial charge in [0.15, 0.2) is 0 Å². The summed E-state index contributed by atoms with van der Waals surface area (Å²) in [5.41, 5.74) is 1.02. The van der Waals surface area contributed by atoms with Crippen molar-refractivity contribution in [2.45, 2.75) is 45.1 Å². The highest BCUT2D eigenvalue weighted by molar-refractivity contribution is 5.65. The predicted octanol–water partition coefficient (Wildman–Crippen LogP) is 5.80. The molecule has 0 atom stereocenters. The van der Waals surface area contributed by atoms with E-state index in [0.29, 0.717) is 35.5 Å². The Kier molecular flexibility index (Phi) is 6.62. The fourth-order valence-electron chi connectivity index (χ4n) is 3.38. The Morgan fingerprint density at radius 2 is 1.88 bits per heavy atom. The molecule has 1 aliphatic rings. The van der Waals surface area contributed by atoms with E-state index in [1.54, 1.807) is 18.2 Å². The molecule has 1 radical (unpaired) electrons. The normalized spacial score (nSPS) is 20.1. The lowest BCUT2D eigenvalue weighted by Crippen LogP contribution is -2.25. The van der Waals surface area contributed by atoms with E-state index < -0.39 is 11.6 Å². The van der Waals surface area contributed by atoms with E-state index in [1.807, 2.05) is 0 Å². The molecule has 1 aliphatic carbocycles. The molecule has 0 amide bonds. The second-order valence-electron chi connectivity index (χ2n) is 6.89. The van der Waals surface area contributed by atoms with Crippen LogP contribution in [0.2, 0.25) is 0 Å². The summed E-state index contributed by atoms with van der Waals surface area (Å²) in [6.45, 7) is 3.60. The smallest absolute Gasteiger partial charge is 0.133 e. The van der Waals surface area contributed by atoms with Crippen molar-refractivity contribution in [3.63, 3.8) is 0 Å². The molecule has 0 aromatic heterocycles. The van der Waals surface area contributed by atoms with Crippen LogP contribution in [0.1, 0.15) is 39.0 Å². The summed E-state index contributed by atoms with van der Waals surface area (Å²) in [7, 11) is 0. The maximum absolute atomic E-state index is 14.0. The molecular formula is C22H25F2O2. The third kappa shape index (κ3) is 5.04. The number of ether oxygens (including phenoxy) is 2. The molecule has 0 unspecified atom stereocenters. The van der Waals surface area contributed by atoms with Crippen LogP contribution in [-0.4, -0.2) is 19.3 Å². The van der Waals surface area contributed by atoms with Gasteiger partial charge in [0, 0.05) is 24.3 Å². The van der Waals surface area contributed by atoms with E-state index >= 15 is 0 Å². The Labute approximate surface area is 154 Å². The van der Waals surface area contributed by atoms with Crippen LogP contribution >= 0.6 is 0 Å². The van der Waals surface area contributed by atoms with Gasteiger partial charge in [0.2, 0.25) is 0 Å². The number of rotatable bonds is 7. The summed E-state index contributed by atoms with van der Waals surface area (Å²) in [5.74, 6) is -0.0528. The molecule has 0 aliphatic heterocycles. The summed E-state index contributed by atoms with van der Waals surface area (Å²) < 4.78 is 38.8. The summed E-state index contributed by atoms with van der Waals surface area (Å²) in [6.07, 6.45) is 5.81. The predicted molar refractivity (Wildman–Crippen MR) is 98.1 cm³/mol. The SMILES string of the molecule is CCCO[C@H]1CC[C@H](COc2[c]ccc(-c3ccc(F)cc3F)c2)CC1. The number of hydrogen-bond acceptors (Lipinski definition) is 2. The third-order valence-electron chi connectivity index (χ3n) is 4.84. The van der Waals surface area contributed by atoms with Gasteiger partial charge in [0.25, 0.3) is 0 Å². The highest BCUT2D eigenvalue weighted by Gasteiger charge is 2.22. The average molecular weight is 359 g/mol. The van der Waals surface area contributed by atoms with Crippen LogP contribution < -0.4 is 4.74 Å². The molecule has 2 aromatic rings. The second-order valence-corrected chi connectivity index (χ2v) is 6.89. The molecule has 1 fully saturated rings. The monoisotopic (exact) mass is 359 g/mol. The number of halogens is 2. The molecule has 0 heterocycles. The van der Waals surface area contributed by atoms with Crippen molar-refractivity contribution in [1.82, 2.24) is 0 Å². The van der Waals surface area contributed by atoms with Gasteiger partial charge in [-0.2, -0.15) is 0 Å². The minimum absolute atomic E-state index is 0.360. The molecule has 1 saturated carbocycles. The van der Waals surface area contributed by atoms with Crippen LogP contribution in [-0.2, 0) is 4.74 Å². The first kappa shape index (κ1) is 18.8. The van der Waals surface area contributed by atoms with Gasteiger partial charge < -0.3 is 9.47 Å². The van der Waals surface area contributed by atoms with E-state index in [-0.39, 0.29) is 0 Å². The lowest BCUT2D eigenvalue weighted by Gasteiger charge is -2.28. The Balaban J connectivity index is 1.55. The minimum atomic E-state index is -0.580. The van der Waals surface area contributed by atoms with Gasteiger partial charge in [0.05, 0.1) is 12.7 Å². The topological polar surface area (TPSA) is 18.5 Å². The fourth-order valence-corrected chi connectivity index (χ4v) is 3.38. The summed E-state index contributed by atoms with van der Waals surface area (Å²) in [4.78, 5) is 0. The van der Waals surface area contributed by atoms with Crippen LogP contribution in [0.15, 0.2) is 36.4 Å². The van der Waals surface area contributed by atoms with Gasteiger partial charge >= 0.3 is 0 Å². The van der Waals surface area contributed by atoms with Crippen LogP contribution in [0.25, 0.3) is 11.1 Å². The van der Waals surface area contributed by atoms with Crippen LogP contribution in [0.4, 0.5) is 8.78 Å². The van der Waals surface area contributed by atoms with Crippen LogP contribution in [0.5, 0.6) is 5.75 Å². The van der Waals surface area contributed by atoms with Crippen molar-refractivity contribution in [3.8, 4) is 16.9 Å². The highest BCUT2D eigenvalue weighted by atomic mass is 19.1. The van der Waals surface area contributed by atoms with Gasteiger partial charge in [0.1, 0.15) is 17.4 Å². The minimum Gasteiger partial charge on any atom is -0.493 e. The Bertz CT molecular complexity index is 709. The lowest BCUT2D eigenvalue weighted by atomic mass is 9.88. The van der Waals surface area contributed by atoms with Gasteiger partial charge in [-0.3, -0.25) is 0 Å². The van der Waals surface area contributed by atoms with Crippen LogP contribution in [0, 0.1) is 23.6 Å². The average Bonchev–Trinajstić information content (AvgIpc) is 2.66. The quantitative estimate of drug-likeness (QED) is 0.622. The molecule has 0 spiro atoms. The number of hydrogen-bond donors (Lipinski definition) is 0. The van der Waals surface area contributed by atoms with E-state index in [9.17, 15) is 8.78 Å². The standard InChI is InChI=1S/C22H25F2O2/c1-2-12-25-19-9-6-16(7-10-19)15-26-20-5-3-4-17(13-20)21-11-8-18(23)14-22(21)24/h3-4,8,11,13-14,16,19H,2,6-7,9-10,12,15H2,1H3/t16-,19-. The van der Waals surface area contributed by atoms with E-state index in [2.05, 4.69) is 13.0 Å². The van der Waals surface area contributed by atoms with E-state index in [4.69, 9.17) is 9.47 Å². The maximum atomic E-state index is 14.0. The Morgan fingerprint density at radius 3 is 2.62 bits per heavy atom. The highest BCUT2D eigenvalue weighted by Crippen LogP contribution is 2.29. The molecule has 139 valence electrons. The molecule has 2 nitrogen and oxygen atoms in total. The molecular weight excluding hydrogens is 334 g/mol. The Hall–Kier alpha value is -1.94. The molecule has 3 rings (SSSR count). The molecule has 4 heteroatoms. The van der Waals surface area contributed by atoms with Gasteiger partial charge in [-0.15, -0.1) is 0 Å². The van der Waals surface area contributed by atoms with Crippen molar-refractivity contribution >= 4 is 0 Å². The van der Waals surface area contributed by atoms with Gasteiger partial charge in [-0.25, -0.2) is 8.78 Å². The van der Waals surface area contributed by atoms with Crippen molar-refractivity contribution < 1.29 is 18.3 Å². The molecule has 26 heavy (non-hydrogen) atoms. The summed E-state index contributed by atoms with van der Waals surface area (Å²) in [5, 5.41) is 0. The molecule has 0 N–H and O–H groups in total. The largest absolute Gasteiger partial charge is 0.493 e. The Morgan fingerprint density at radius 1 is 1.08 bits per heavy atom. The second kappa shape index (κ2) is 9.13. The van der Waals surface area contributed by atoms with Gasteiger partial charge in [-0.05, 0) is 67.9 Å². The van der Waals surface area contributed by atoms with E-state index in [0.717, 1.165) is 44.8 Å². The zero-order chi connectivity index (χ0) is 18.4. The first-order valence-electron chi connectivity index (χ1n) is 9.37. The van der Waals surface area contributed by atoms with Crippen molar-refractivity contribution in [2.75, 3.05) is 13.2 Å². The molecule has 0 bridgehead atoms. The summed E-state index contributed by atoms with van der Waals surface area (Å²) >= 11 is 0. The zero-order valence-electron chi connectivity index (χ0n) is 15.1. The van der Waals surface area contributed by atoms with Crippen molar-refractivity contribution in [1.29, 1.82) is 0 Å². The first-order valence-corrected chi connectivity index (χ1v) is 9.37. The third-order valence-corrected chi connectivity index (χ3v) is 4.84. The first-order chi connectivity index (χ1) is 12.7. The van der Waals surface area contributed by atoms with Crippen molar-refractivity contribution in [3.05, 3.63) is 54.1 Å². The maximum Gasteiger partial charge on any atom is 0.133 e. The fraction of sp³-hybridized carbons (Fsp3) is 0.455.